The maximum Gasteiger partial charge on any atom is 0.250 e. The molecule has 0 bridgehead atoms. The highest BCUT2D eigenvalue weighted by Gasteiger charge is 2.23. The lowest BCUT2D eigenvalue weighted by Gasteiger charge is -2.17. The summed E-state index contributed by atoms with van der Waals surface area (Å²) in [5, 5.41) is 10.8. The van der Waals surface area contributed by atoms with Gasteiger partial charge < -0.3 is 4.90 Å². The van der Waals surface area contributed by atoms with Gasteiger partial charge in [0.2, 0.25) is 11.8 Å². The quantitative estimate of drug-likeness (QED) is 0.658. The Morgan fingerprint density at radius 2 is 1.96 bits per heavy atom. The summed E-state index contributed by atoms with van der Waals surface area (Å²) in [7, 11) is 0. The van der Waals surface area contributed by atoms with Gasteiger partial charge in [-0.3, -0.25) is 14.8 Å². The van der Waals surface area contributed by atoms with Crippen molar-refractivity contribution in [3.05, 3.63) is 59.7 Å². The van der Waals surface area contributed by atoms with Gasteiger partial charge in [0, 0.05) is 25.1 Å². The van der Waals surface area contributed by atoms with Crippen molar-refractivity contribution in [3.8, 4) is 0 Å². The molecule has 1 aliphatic heterocycles. The molecule has 0 saturated heterocycles. The number of benzene rings is 2. The number of nitrogens with zero attached hydrogens (tertiary/aromatic N) is 1. The van der Waals surface area contributed by atoms with Crippen LogP contribution < -0.4 is 5.48 Å². The summed E-state index contributed by atoms with van der Waals surface area (Å²) in [4.78, 5) is 25.2. The predicted molar refractivity (Wildman–Crippen MR) is 86.6 cm³/mol. The van der Waals surface area contributed by atoms with E-state index < -0.39 is 5.91 Å². The van der Waals surface area contributed by atoms with Crippen molar-refractivity contribution >= 4 is 22.6 Å². The second kappa shape index (κ2) is 6.62. The molecule has 5 heteroatoms. The molecule has 0 unspecified atom stereocenters. The number of hydrogen-bond acceptors (Lipinski definition) is 3. The van der Waals surface area contributed by atoms with Gasteiger partial charge in [0.05, 0.1) is 0 Å². The molecule has 23 heavy (non-hydrogen) atoms. The molecule has 2 aromatic carbocycles. The Morgan fingerprint density at radius 1 is 1.17 bits per heavy atom. The van der Waals surface area contributed by atoms with Gasteiger partial charge in [-0.1, -0.05) is 42.5 Å². The van der Waals surface area contributed by atoms with Crippen LogP contribution in [0.2, 0.25) is 0 Å². The normalized spacial score (nSPS) is 14.2. The zero-order valence-corrected chi connectivity index (χ0v) is 12.7. The van der Waals surface area contributed by atoms with Gasteiger partial charge in [0.15, 0.2) is 0 Å². The summed E-state index contributed by atoms with van der Waals surface area (Å²) in [6.07, 6.45) is 2.31. The van der Waals surface area contributed by atoms with Crippen molar-refractivity contribution in [2.75, 3.05) is 6.54 Å². The van der Waals surface area contributed by atoms with Crippen LogP contribution in [-0.4, -0.2) is 28.5 Å². The lowest BCUT2D eigenvalue weighted by Crippen LogP contribution is -2.27. The summed E-state index contributed by atoms with van der Waals surface area (Å²) >= 11 is 0. The van der Waals surface area contributed by atoms with E-state index in [9.17, 15) is 9.59 Å². The number of hydroxylamine groups is 1. The van der Waals surface area contributed by atoms with Crippen LogP contribution in [-0.2, 0) is 16.1 Å². The monoisotopic (exact) mass is 310 g/mol. The van der Waals surface area contributed by atoms with E-state index in [1.807, 2.05) is 24.3 Å². The second-order valence-corrected chi connectivity index (χ2v) is 5.63. The van der Waals surface area contributed by atoms with Crippen molar-refractivity contribution in [1.29, 1.82) is 0 Å². The number of amides is 2. The third-order valence-corrected chi connectivity index (χ3v) is 4.05. The van der Waals surface area contributed by atoms with Crippen LogP contribution in [0, 0.1) is 0 Å². The first-order valence-electron chi connectivity index (χ1n) is 7.56. The maximum absolute atomic E-state index is 12.3. The molecule has 0 aliphatic carbocycles. The van der Waals surface area contributed by atoms with Crippen molar-refractivity contribution in [2.24, 2.45) is 0 Å². The molecule has 0 atom stereocenters. The minimum absolute atomic E-state index is 0.0381. The third kappa shape index (κ3) is 3.40. The van der Waals surface area contributed by atoms with E-state index in [0.717, 1.165) is 10.9 Å². The number of hydrogen-bond donors (Lipinski definition) is 2. The zero-order valence-electron chi connectivity index (χ0n) is 12.7. The van der Waals surface area contributed by atoms with Crippen molar-refractivity contribution in [2.45, 2.75) is 19.4 Å². The first-order chi connectivity index (χ1) is 11.2. The molecule has 1 aliphatic rings. The average Bonchev–Trinajstić information content (AvgIpc) is 2.92. The van der Waals surface area contributed by atoms with Crippen molar-refractivity contribution in [3.63, 3.8) is 0 Å². The minimum Gasteiger partial charge on any atom is -0.331 e. The molecule has 2 amide bonds. The van der Waals surface area contributed by atoms with Crippen molar-refractivity contribution < 1.29 is 14.8 Å². The lowest BCUT2D eigenvalue weighted by molar-refractivity contribution is -0.129. The van der Waals surface area contributed by atoms with Crippen LogP contribution in [0.15, 0.2) is 54.1 Å². The number of nitrogens with one attached hydrogen (secondary N) is 1. The Bertz CT molecular complexity index is 783. The van der Waals surface area contributed by atoms with E-state index in [0.29, 0.717) is 25.1 Å². The Hall–Kier alpha value is -2.66. The van der Waals surface area contributed by atoms with E-state index in [1.165, 1.54) is 5.39 Å². The van der Waals surface area contributed by atoms with Gasteiger partial charge in [-0.2, -0.15) is 0 Å². The van der Waals surface area contributed by atoms with Crippen LogP contribution in [0.1, 0.15) is 18.4 Å². The van der Waals surface area contributed by atoms with Gasteiger partial charge in [-0.15, -0.1) is 0 Å². The largest absolute Gasteiger partial charge is 0.331 e. The van der Waals surface area contributed by atoms with E-state index in [4.69, 9.17) is 5.21 Å². The summed E-state index contributed by atoms with van der Waals surface area (Å²) < 4.78 is 0. The van der Waals surface area contributed by atoms with Gasteiger partial charge in [-0.25, -0.2) is 5.48 Å². The SMILES string of the molecule is O=C(CCC1=CCN(Cc2ccc3ccccc3c2)C1=O)NO. The molecule has 0 saturated carbocycles. The first kappa shape index (κ1) is 15.2. The highest BCUT2D eigenvalue weighted by Crippen LogP contribution is 2.21. The number of carbonyl (C=O) groups is 2. The van der Waals surface area contributed by atoms with Gasteiger partial charge in [-0.05, 0) is 28.8 Å². The van der Waals surface area contributed by atoms with Gasteiger partial charge in [0.1, 0.15) is 0 Å². The zero-order chi connectivity index (χ0) is 16.2. The van der Waals surface area contributed by atoms with Gasteiger partial charge in [0.25, 0.3) is 0 Å². The first-order valence-corrected chi connectivity index (χ1v) is 7.56. The molecule has 2 aromatic rings. The number of carbonyl (C=O) groups excluding carboxylic acids is 2. The summed E-state index contributed by atoms with van der Waals surface area (Å²) in [6, 6.07) is 14.3. The molecule has 0 spiro atoms. The fourth-order valence-electron chi connectivity index (χ4n) is 2.80. The summed E-state index contributed by atoms with van der Waals surface area (Å²) in [6.45, 7) is 1.11. The van der Waals surface area contributed by atoms with E-state index in [-0.39, 0.29) is 12.3 Å². The fraction of sp³-hybridized carbons (Fsp3) is 0.222. The Morgan fingerprint density at radius 3 is 2.74 bits per heavy atom. The highest BCUT2D eigenvalue weighted by atomic mass is 16.5. The molecule has 0 radical (unpaired) electrons. The molecule has 0 fully saturated rings. The van der Waals surface area contributed by atoms with Crippen LogP contribution in [0.3, 0.4) is 0 Å². The van der Waals surface area contributed by atoms with E-state index >= 15 is 0 Å². The van der Waals surface area contributed by atoms with Crippen molar-refractivity contribution in [1.82, 2.24) is 10.4 Å². The smallest absolute Gasteiger partial charge is 0.250 e. The number of rotatable bonds is 5. The standard InChI is InChI=1S/C18H18N2O3/c21-17(19-23)8-7-15-9-10-20(18(15)22)12-13-5-6-14-3-1-2-4-16(14)11-13/h1-6,9,11,23H,7-8,10,12H2,(H,19,21). The van der Waals surface area contributed by atoms with E-state index in [2.05, 4.69) is 24.3 Å². The Balaban J connectivity index is 1.64. The van der Waals surface area contributed by atoms with Gasteiger partial charge >= 0.3 is 0 Å². The summed E-state index contributed by atoms with van der Waals surface area (Å²) in [5.74, 6) is -0.518. The van der Waals surface area contributed by atoms with Crippen LogP contribution in [0.4, 0.5) is 0 Å². The summed E-state index contributed by atoms with van der Waals surface area (Å²) in [5.41, 5.74) is 3.30. The minimum atomic E-state index is -0.480. The number of fused-ring (bicyclic) bond motifs is 1. The molecular formula is C18H18N2O3. The molecule has 3 rings (SSSR count). The highest BCUT2D eigenvalue weighted by molar-refractivity contribution is 5.96. The molecular weight excluding hydrogens is 292 g/mol. The van der Waals surface area contributed by atoms with Crippen LogP contribution in [0.5, 0.6) is 0 Å². The molecule has 5 nitrogen and oxygen atoms in total. The second-order valence-electron chi connectivity index (χ2n) is 5.63. The molecule has 2 N–H and O–H groups in total. The maximum atomic E-state index is 12.3. The lowest BCUT2D eigenvalue weighted by atomic mass is 10.1. The Kier molecular flexibility index (Phi) is 4.39. The third-order valence-electron chi connectivity index (χ3n) is 4.05. The molecule has 0 aromatic heterocycles. The molecule has 1 heterocycles. The predicted octanol–water partition coefficient (Wildman–Crippen LogP) is 2.39. The Labute approximate surface area is 134 Å². The van der Waals surface area contributed by atoms with Crippen LogP contribution in [0.25, 0.3) is 10.8 Å². The molecule has 118 valence electrons. The fourth-order valence-corrected chi connectivity index (χ4v) is 2.80. The van der Waals surface area contributed by atoms with Crippen LogP contribution >= 0.6 is 0 Å². The topological polar surface area (TPSA) is 69.6 Å². The average molecular weight is 310 g/mol. The van der Waals surface area contributed by atoms with E-state index in [1.54, 1.807) is 10.4 Å².